The maximum absolute atomic E-state index is 10.7. The molecule has 0 radical (unpaired) electrons. The van der Waals surface area contributed by atoms with Crippen LogP contribution < -0.4 is 0 Å². The Hall–Kier alpha value is -0.520. The third-order valence-electron chi connectivity index (χ3n) is 1.23. The van der Waals surface area contributed by atoms with Crippen LogP contribution in [0.5, 0.6) is 0 Å². The second kappa shape index (κ2) is 2.86. The fourth-order valence-corrected chi connectivity index (χ4v) is 1.11. The van der Waals surface area contributed by atoms with Gasteiger partial charge in [0, 0.05) is 0 Å². The van der Waals surface area contributed by atoms with Crippen LogP contribution in [0.25, 0.3) is 0 Å². The molecule has 0 aliphatic carbocycles. The van der Waals surface area contributed by atoms with Gasteiger partial charge in [-0.3, -0.25) is 0 Å². The minimum absolute atomic E-state index is 0.0263. The van der Waals surface area contributed by atoms with Gasteiger partial charge in [0.05, 0.1) is 0 Å². The van der Waals surface area contributed by atoms with E-state index < -0.39 is 0 Å². The summed E-state index contributed by atoms with van der Waals surface area (Å²) < 4.78 is 9.90. The summed E-state index contributed by atoms with van der Waals surface area (Å²) in [6.07, 6.45) is 1.43. The monoisotopic (exact) mass is 143 g/mol. The molecule has 1 heterocycles. The van der Waals surface area contributed by atoms with E-state index in [1.54, 1.807) is 0 Å². The molecule has 0 spiro atoms. The van der Waals surface area contributed by atoms with Crippen molar-refractivity contribution in [1.82, 2.24) is 4.90 Å². The molecule has 0 atom stereocenters. The Labute approximate surface area is 54.2 Å². The number of nitrogens with zero attached hydrogens (tertiary/aromatic N) is 1. The van der Waals surface area contributed by atoms with Gasteiger partial charge in [0.15, 0.2) is 0 Å². The molecule has 0 aromatic heterocycles. The van der Waals surface area contributed by atoms with E-state index in [1.165, 1.54) is 4.90 Å². The van der Waals surface area contributed by atoms with Gasteiger partial charge < -0.3 is 0 Å². The van der Waals surface area contributed by atoms with Crippen molar-refractivity contribution in [3.8, 4) is 5.75 Å². The number of carbonyl (C=O) groups excluding carboxylic acids is 1. The summed E-state index contributed by atoms with van der Waals surface area (Å²) in [4.78, 5) is 12.1. The minimum atomic E-state index is -0.205. The van der Waals surface area contributed by atoms with Crippen LogP contribution in [0.15, 0.2) is 0 Å². The molecule has 9 heavy (non-hydrogen) atoms. The van der Waals surface area contributed by atoms with Crippen LogP contribution >= 0.6 is 7.92 Å². The topological polar surface area (TPSA) is 37.4 Å². The van der Waals surface area contributed by atoms with Crippen molar-refractivity contribution in [3.63, 3.8) is 0 Å². The first kappa shape index (κ1) is 6.60. The molecule has 4 heteroatoms. The van der Waals surface area contributed by atoms with Crippen LogP contribution in [0.4, 0.5) is 0 Å². The van der Waals surface area contributed by atoms with Crippen LogP contribution in [0.1, 0.15) is 12.8 Å². The third kappa shape index (κ3) is 1.44. The Morgan fingerprint density at radius 2 is 2.44 bits per heavy atom. The molecule has 0 saturated carbocycles. The van der Waals surface area contributed by atoms with Crippen LogP contribution in [0, 0.1) is 5.75 Å². The molecule has 0 N–H and O–H groups in total. The number of rotatable bonds is 0. The van der Waals surface area contributed by atoms with Gasteiger partial charge in [-0.25, -0.2) is 0 Å². The first-order valence-electron chi connectivity index (χ1n) is 2.73. The van der Waals surface area contributed by atoms with E-state index in [9.17, 15) is 9.36 Å². The Morgan fingerprint density at radius 1 is 1.67 bits per heavy atom. The van der Waals surface area contributed by atoms with E-state index >= 15 is 0 Å². The predicted octanol–water partition coefficient (Wildman–Crippen LogP) is 0.817. The number of carbonyl (C=O) groups is 1. The van der Waals surface area contributed by atoms with E-state index in [0.717, 1.165) is 6.42 Å². The second-order valence-corrected chi connectivity index (χ2v) is 2.22. The molecule has 3 nitrogen and oxygen atoms in total. The SMILES string of the molecule is O=P#CN1CCCC1=O. The maximum atomic E-state index is 10.7. The fourth-order valence-electron chi connectivity index (χ4n) is 0.803. The van der Waals surface area contributed by atoms with Gasteiger partial charge in [-0.2, -0.15) is 0 Å². The molecule has 1 fully saturated rings. The Morgan fingerprint density at radius 3 is 2.89 bits per heavy atom. The summed E-state index contributed by atoms with van der Waals surface area (Å²) in [7, 11) is -0.205. The summed E-state index contributed by atoms with van der Waals surface area (Å²) >= 11 is 0. The Kier molecular flexibility index (Phi) is 2.10. The van der Waals surface area contributed by atoms with E-state index in [2.05, 4.69) is 5.75 Å². The summed E-state index contributed by atoms with van der Waals surface area (Å²) in [6, 6.07) is 0. The molecule has 1 aliphatic heterocycles. The normalized spacial score (nSPS) is 17.8. The predicted molar refractivity (Wildman–Crippen MR) is 32.4 cm³/mol. The first-order valence-corrected chi connectivity index (χ1v) is 3.54. The van der Waals surface area contributed by atoms with Gasteiger partial charge in [0.1, 0.15) is 0 Å². The zero-order valence-electron chi connectivity index (χ0n) is 4.83. The van der Waals surface area contributed by atoms with Crippen LogP contribution in [-0.4, -0.2) is 17.4 Å². The number of amides is 1. The average molecular weight is 143 g/mol. The van der Waals surface area contributed by atoms with Crippen LogP contribution in [-0.2, 0) is 9.36 Å². The van der Waals surface area contributed by atoms with Crippen molar-refractivity contribution < 1.29 is 9.36 Å². The summed E-state index contributed by atoms with van der Waals surface area (Å²) in [5.74, 6) is 2.42. The van der Waals surface area contributed by atoms with Crippen molar-refractivity contribution in [3.05, 3.63) is 0 Å². The first-order chi connectivity index (χ1) is 4.34. The van der Waals surface area contributed by atoms with Crippen LogP contribution in [0.3, 0.4) is 0 Å². The van der Waals surface area contributed by atoms with Crippen molar-refractivity contribution in [2.24, 2.45) is 0 Å². The summed E-state index contributed by atoms with van der Waals surface area (Å²) in [5, 5.41) is 0. The summed E-state index contributed by atoms with van der Waals surface area (Å²) in [6.45, 7) is 0.675. The van der Waals surface area contributed by atoms with Crippen molar-refractivity contribution in [1.29, 1.82) is 0 Å². The molecule has 1 rings (SSSR count). The number of hydrogen-bond donors (Lipinski definition) is 0. The average Bonchev–Trinajstić information content (AvgIpc) is 2.18. The van der Waals surface area contributed by atoms with Gasteiger partial charge in [-0.1, -0.05) is 0 Å². The van der Waals surface area contributed by atoms with Crippen molar-refractivity contribution >= 4 is 13.8 Å². The number of hydrogen-bond acceptors (Lipinski definition) is 2. The van der Waals surface area contributed by atoms with Crippen molar-refractivity contribution in [2.45, 2.75) is 12.8 Å². The second-order valence-electron chi connectivity index (χ2n) is 1.84. The standard InChI is InChI=1S/C5H6NO2P/c7-5-2-1-3-6(5)4-9-8/h1-3H2. The van der Waals surface area contributed by atoms with Gasteiger partial charge in [0.25, 0.3) is 0 Å². The molecule has 48 valence electrons. The van der Waals surface area contributed by atoms with Gasteiger partial charge in [0.2, 0.25) is 0 Å². The molecule has 0 bridgehead atoms. The molecule has 1 saturated heterocycles. The third-order valence-corrected chi connectivity index (χ3v) is 1.56. The van der Waals surface area contributed by atoms with E-state index in [0.29, 0.717) is 13.0 Å². The fraction of sp³-hybridized carbons (Fsp3) is 0.600. The zero-order valence-corrected chi connectivity index (χ0v) is 5.73. The number of likely N-dealkylation sites (tertiary alicyclic amines) is 1. The molecule has 1 amide bonds. The Balaban J connectivity index is 2.67. The molecular formula is C5H6NO2P. The summed E-state index contributed by atoms with van der Waals surface area (Å²) in [5.41, 5.74) is 0. The molecule has 1 aliphatic rings. The quantitative estimate of drug-likeness (QED) is 0.470. The molecule has 0 aromatic carbocycles. The van der Waals surface area contributed by atoms with Gasteiger partial charge in [-0.15, -0.1) is 0 Å². The molecule has 0 aromatic rings. The molecular weight excluding hydrogens is 137 g/mol. The zero-order chi connectivity index (χ0) is 6.69. The van der Waals surface area contributed by atoms with Crippen LogP contribution in [0.2, 0.25) is 0 Å². The van der Waals surface area contributed by atoms with Gasteiger partial charge in [-0.05, 0) is 0 Å². The van der Waals surface area contributed by atoms with E-state index in [4.69, 9.17) is 0 Å². The molecule has 0 unspecified atom stereocenters. The van der Waals surface area contributed by atoms with Gasteiger partial charge >= 0.3 is 53.2 Å². The van der Waals surface area contributed by atoms with E-state index in [1.807, 2.05) is 0 Å². The van der Waals surface area contributed by atoms with E-state index in [-0.39, 0.29) is 13.8 Å². The van der Waals surface area contributed by atoms with Crippen molar-refractivity contribution in [2.75, 3.05) is 6.54 Å². The Bertz CT molecular complexity index is 218.